The second-order valence-corrected chi connectivity index (χ2v) is 13.7. The average molecular weight is 537 g/mol. The lowest BCUT2D eigenvalue weighted by molar-refractivity contribution is 0.263. The fourth-order valence-electron chi connectivity index (χ4n) is 7.89. The van der Waals surface area contributed by atoms with Gasteiger partial charge in [0.1, 0.15) is 0 Å². The summed E-state index contributed by atoms with van der Waals surface area (Å²) in [5, 5.41) is 0. The maximum atomic E-state index is 2.56. The number of hydrogen-bond donors (Lipinski definition) is 0. The molecule has 0 fully saturated rings. The largest absolute Gasteiger partial charge is 0.0625 e. The fourth-order valence-corrected chi connectivity index (χ4v) is 7.89. The van der Waals surface area contributed by atoms with Gasteiger partial charge in [0.05, 0.1) is 0 Å². The Balaban J connectivity index is 1.52. The van der Waals surface area contributed by atoms with Gasteiger partial charge in [-0.05, 0) is 74.6 Å². The summed E-state index contributed by atoms with van der Waals surface area (Å²) in [5.41, 5.74) is 14.4. The second kappa shape index (κ2) is 11.0. The van der Waals surface area contributed by atoms with Crippen molar-refractivity contribution in [1.29, 1.82) is 0 Å². The highest BCUT2D eigenvalue weighted by Gasteiger charge is 2.47. The van der Waals surface area contributed by atoms with Crippen LogP contribution in [-0.4, -0.2) is 0 Å². The van der Waals surface area contributed by atoms with E-state index in [1.54, 1.807) is 11.1 Å². The van der Waals surface area contributed by atoms with Crippen LogP contribution in [0, 0.1) is 17.3 Å². The Morgan fingerprint density at radius 3 is 1.27 bits per heavy atom. The molecule has 0 N–H and O–H groups in total. The van der Waals surface area contributed by atoms with Crippen LogP contribution in [0.15, 0.2) is 108 Å². The van der Waals surface area contributed by atoms with E-state index < -0.39 is 0 Å². The minimum absolute atomic E-state index is 0.00255. The van der Waals surface area contributed by atoms with Gasteiger partial charge in [-0.15, -0.1) is 0 Å². The highest BCUT2D eigenvalue weighted by molar-refractivity contribution is 5.84. The summed E-state index contributed by atoms with van der Waals surface area (Å²) in [5.74, 6) is 1.96. The molecule has 41 heavy (non-hydrogen) atoms. The Morgan fingerprint density at radius 1 is 0.512 bits per heavy atom. The Kier molecular flexibility index (Phi) is 7.37. The van der Waals surface area contributed by atoms with Crippen LogP contribution in [0.5, 0.6) is 0 Å². The molecule has 0 heterocycles. The van der Waals surface area contributed by atoms with E-state index in [2.05, 4.69) is 151 Å². The molecule has 2 atom stereocenters. The first-order valence-electron chi connectivity index (χ1n) is 15.5. The van der Waals surface area contributed by atoms with Crippen molar-refractivity contribution in [3.05, 3.63) is 130 Å². The maximum Gasteiger partial charge on any atom is 0.0118 e. The summed E-state index contributed by atoms with van der Waals surface area (Å²) in [4.78, 5) is 0. The molecule has 0 bridgehead atoms. The van der Waals surface area contributed by atoms with Gasteiger partial charge in [-0.3, -0.25) is 0 Å². The molecule has 0 aromatic heterocycles. The van der Waals surface area contributed by atoms with Crippen LogP contribution in [0.1, 0.15) is 88.5 Å². The minimum Gasteiger partial charge on any atom is -0.0625 e. The van der Waals surface area contributed by atoms with Crippen LogP contribution in [0.4, 0.5) is 0 Å². The molecular weight excluding hydrogens is 492 g/mol. The lowest BCUT2D eigenvalue weighted by Gasteiger charge is -2.42. The average Bonchev–Trinajstić information content (AvgIpc) is 3.51. The summed E-state index contributed by atoms with van der Waals surface area (Å²) in [7, 11) is 0. The summed E-state index contributed by atoms with van der Waals surface area (Å²) in [6, 6.07) is 35.9. The molecule has 0 nitrogen and oxygen atoms in total. The quantitative estimate of drug-likeness (QED) is 0.210. The SMILES string of the molecule is CC(C)CC1=Cc2c(-c3ccccc3)cccc2C1C(C)(C)C1C(CC(C)C)=Cc2c(-c3ccccc3)cccc21. The van der Waals surface area contributed by atoms with Crippen molar-refractivity contribution in [2.45, 2.75) is 66.2 Å². The minimum atomic E-state index is 0.00255. The first-order valence-corrected chi connectivity index (χ1v) is 15.5. The number of rotatable bonds is 8. The smallest absolute Gasteiger partial charge is 0.0118 e. The van der Waals surface area contributed by atoms with Crippen molar-refractivity contribution in [2.75, 3.05) is 0 Å². The zero-order valence-electron chi connectivity index (χ0n) is 25.6. The summed E-state index contributed by atoms with van der Waals surface area (Å²) in [6.07, 6.45) is 7.38. The Bertz CT molecular complexity index is 1470. The Hall–Kier alpha value is -3.64. The highest BCUT2D eigenvalue weighted by atomic mass is 14.5. The topological polar surface area (TPSA) is 0 Å². The van der Waals surface area contributed by atoms with E-state index in [0.29, 0.717) is 23.7 Å². The van der Waals surface area contributed by atoms with Gasteiger partial charge in [-0.2, -0.15) is 0 Å². The maximum absolute atomic E-state index is 2.56. The molecule has 2 unspecified atom stereocenters. The molecule has 2 aliphatic rings. The predicted octanol–water partition coefficient (Wildman–Crippen LogP) is 11.8. The van der Waals surface area contributed by atoms with Crippen molar-refractivity contribution in [2.24, 2.45) is 17.3 Å². The lowest BCUT2D eigenvalue weighted by Crippen LogP contribution is -2.31. The van der Waals surface area contributed by atoms with Gasteiger partial charge < -0.3 is 0 Å². The Morgan fingerprint density at radius 2 is 0.902 bits per heavy atom. The summed E-state index contributed by atoms with van der Waals surface area (Å²) in [6.45, 7) is 14.6. The monoisotopic (exact) mass is 536 g/mol. The third kappa shape index (κ3) is 5.03. The van der Waals surface area contributed by atoms with E-state index in [0.717, 1.165) is 12.8 Å². The van der Waals surface area contributed by atoms with E-state index in [1.807, 2.05) is 0 Å². The van der Waals surface area contributed by atoms with E-state index in [-0.39, 0.29) is 5.41 Å². The van der Waals surface area contributed by atoms with Gasteiger partial charge in [0.2, 0.25) is 0 Å². The Labute approximate surface area is 247 Å². The first-order chi connectivity index (χ1) is 19.8. The molecule has 0 heteroatoms. The standard InChI is InChI=1S/C41H44/c1-27(2)23-31-25-37-33(29-15-9-7-10-16-29)19-13-21-35(37)39(31)41(5,6)40-32(24-28(3)4)26-38-34(20-14-22-36(38)40)30-17-11-8-12-18-30/h7-22,25-28,39-40H,23-24H2,1-6H3. The third-order valence-corrected chi connectivity index (χ3v) is 9.25. The van der Waals surface area contributed by atoms with Crippen LogP contribution in [0.3, 0.4) is 0 Å². The van der Waals surface area contributed by atoms with E-state index in [1.165, 1.54) is 44.5 Å². The van der Waals surface area contributed by atoms with E-state index in [9.17, 15) is 0 Å². The number of hydrogen-bond acceptors (Lipinski definition) is 0. The molecule has 0 saturated heterocycles. The van der Waals surface area contributed by atoms with Crippen LogP contribution in [0.25, 0.3) is 34.4 Å². The van der Waals surface area contributed by atoms with Crippen molar-refractivity contribution in [3.63, 3.8) is 0 Å². The van der Waals surface area contributed by atoms with Crippen molar-refractivity contribution in [3.8, 4) is 22.3 Å². The molecule has 0 spiro atoms. The molecule has 4 aromatic carbocycles. The number of allylic oxidation sites excluding steroid dienone is 2. The normalized spacial score (nSPS) is 18.0. The van der Waals surface area contributed by atoms with Gasteiger partial charge >= 0.3 is 0 Å². The van der Waals surface area contributed by atoms with Crippen LogP contribution >= 0.6 is 0 Å². The zero-order chi connectivity index (χ0) is 28.7. The van der Waals surface area contributed by atoms with Gasteiger partial charge in [0.15, 0.2) is 0 Å². The van der Waals surface area contributed by atoms with Gasteiger partial charge in [0, 0.05) is 11.8 Å². The molecule has 0 radical (unpaired) electrons. The predicted molar refractivity (Wildman–Crippen MR) is 178 cm³/mol. The number of benzene rings is 4. The fraction of sp³-hybridized carbons (Fsp3) is 0.317. The van der Waals surface area contributed by atoms with Gasteiger partial charge in [-0.1, -0.05) is 162 Å². The summed E-state index contributed by atoms with van der Waals surface area (Å²) < 4.78 is 0. The molecule has 6 rings (SSSR count). The zero-order valence-corrected chi connectivity index (χ0v) is 25.6. The third-order valence-electron chi connectivity index (χ3n) is 9.25. The second-order valence-electron chi connectivity index (χ2n) is 13.7. The number of fused-ring (bicyclic) bond motifs is 2. The van der Waals surface area contributed by atoms with Crippen molar-refractivity contribution < 1.29 is 0 Å². The molecular formula is C41H44. The molecule has 4 aromatic rings. The van der Waals surface area contributed by atoms with Crippen molar-refractivity contribution in [1.82, 2.24) is 0 Å². The highest BCUT2D eigenvalue weighted by Crippen LogP contribution is 2.61. The lowest BCUT2D eigenvalue weighted by atomic mass is 9.61. The van der Waals surface area contributed by atoms with Crippen LogP contribution < -0.4 is 0 Å². The first kappa shape index (κ1) is 27.5. The van der Waals surface area contributed by atoms with Gasteiger partial charge in [-0.25, -0.2) is 0 Å². The van der Waals surface area contributed by atoms with Crippen molar-refractivity contribution >= 4 is 12.2 Å². The van der Waals surface area contributed by atoms with Gasteiger partial charge in [0.25, 0.3) is 0 Å². The summed E-state index contributed by atoms with van der Waals surface area (Å²) >= 11 is 0. The van der Waals surface area contributed by atoms with E-state index >= 15 is 0 Å². The molecule has 2 aliphatic carbocycles. The molecule has 0 saturated carbocycles. The molecule has 0 amide bonds. The molecule has 208 valence electrons. The van der Waals surface area contributed by atoms with Crippen LogP contribution in [-0.2, 0) is 0 Å². The molecule has 0 aliphatic heterocycles. The van der Waals surface area contributed by atoms with E-state index in [4.69, 9.17) is 0 Å². The van der Waals surface area contributed by atoms with Crippen LogP contribution in [0.2, 0.25) is 0 Å².